The SMILES string of the molecule is [C-]#[N+]c1cc(NC(=O)c2cc(C(=O)C(=O)N[C@@H](C)C(F)(F)F)n(C)c2F)ccc1F. The zero-order valence-corrected chi connectivity index (χ0v) is 15.4. The number of Topliss-reactive ketones (excluding diaryl/α,β-unsaturated/α-hetero) is 1. The largest absolute Gasteiger partial charge is 0.408 e. The molecule has 0 unspecified atom stereocenters. The van der Waals surface area contributed by atoms with Gasteiger partial charge in [-0.05, 0) is 31.2 Å². The van der Waals surface area contributed by atoms with Crippen LogP contribution in [0.5, 0.6) is 0 Å². The molecule has 0 saturated heterocycles. The van der Waals surface area contributed by atoms with Crippen LogP contribution in [0.4, 0.5) is 33.3 Å². The molecule has 0 saturated carbocycles. The van der Waals surface area contributed by atoms with Gasteiger partial charge in [0.25, 0.3) is 17.6 Å². The number of alkyl halides is 3. The Hall–Kier alpha value is -3.75. The minimum atomic E-state index is -4.79. The monoisotopic (exact) mass is 428 g/mol. The second-order valence-electron chi connectivity index (χ2n) is 6.09. The van der Waals surface area contributed by atoms with Gasteiger partial charge in [0, 0.05) is 12.7 Å². The third-order valence-corrected chi connectivity index (χ3v) is 4.01. The van der Waals surface area contributed by atoms with E-state index in [2.05, 4.69) is 10.2 Å². The van der Waals surface area contributed by atoms with Crippen molar-refractivity contribution >= 4 is 29.0 Å². The molecule has 1 aromatic carbocycles. The van der Waals surface area contributed by atoms with Gasteiger partial charge in [-0.25, -0.2) is 9.24 Å². The molecule has 0 radical (unpaired) electrons. The molecule has 0 spiro atoms. The highest BCUT2D eigenvalue weighted by Crippen LogP contribution is 2.24. The van der Waals surface area contributed by atoms with E-state index in [4.69, 9.17) is 6.57 Å². The molecular formula is C18H13F5N4O3. The summed E-state index contributed by atoms with van der Waals surface area (Å²) in [5.74, 6) is -6.27. The van der Waals surface area contributed by atoms with Crippen LogP contribution in [0.2, 0.25) is 0 Å². The molecular weight excluding hydrogens is 415 g/mol. The molecule has 7 nitrogen and oxygen atoms in total. The Bertz CT molecular complexity index is 1070. The number of anilines is 1. The van der Waals surface area contributed by atoms with Crippen LogP contribution in [-0.2, 0) is 11.8 Å². The number of benzene rings is 1. The highest BCUT2D eigenvalue weighted by molar-refractivity contribution is 6.42. The maximum absolute atomic E-state index is 14.4. The first-order valence-electron chi connectivity index (χ1n) is 8.12. The summed E-state index contributed by atoms with van der Waals surface area (Å²) in [5, 5.41) is 3.65. The summed E-state index contributed by atoms with van der Waals surface area (Å²) in [5.41, 5.74) is -1.79. The number of hydrogen-bond donors (Lipinski definition) is 2. The molecule has 2 aromatic rings. The first-order valence-corrected chi connectivity index (χ1v) is 8.12. The Balaban J connectivity index is 2.26. The van der Waals surface area contributed by atoms with E-state index < -0.39 is 58.5 Å². The van der Waals surface area contributed by atoms with Crippen molar-refractivity contribution in [1.29, 1.82) is 0 Å². The number of carbonyl (C=O) groups excluding carboxylic acids is 3. The van der Waals surface area contributed by atoms with Gasteiger partial charge >= 0.3 is 6.18 Å². The Labute approximate surface area is 166 Å². The summed E-state index contributed by atoms with van der Waals surface area (Å²) in [6.07, 6.45) is -4.79. The number of nitrogens with zero attached hydrogens (tertiary/aromatic N) is 2. The van der Waals surface area contributed by atoms with E-state index in [-0.39, 0.29) is 5.69 Å². The summed E-state index contributed by atoms with van der Waals surface area (Å²) in [7, 11) is 0.995. The summed E-state index contributed by atoms with van der Waals surface area (Å²) < 4.78 is 65.9. The van der Waals surface area contributed by atoms with E-state index in [0.29, 0.717) is 17.6 Å². The Morgan fingerprint density at radius 1 is 1.17 bits per heavy atom. The Morgan fingerprint density at radius 3 is 2.37 bits per heavy atom. The van der Waals surface area contributed by atoms with Crippen LogP contribution in [0.15, 0.2) is 24.3 Å². The first kappa shape index (κ1) is 22.5. The second kappa shape index (κ2) is 8.32. The van der Waals surface area contributed by atoms with Crippen LogP contribution in [0.25, 0.3) is 4.85 Å². The lowest BCUT2D eigenvalue weighted by atomic mass is 10.2. The minimum absolute atomic E-state index is 0.0414. The third kappa shape index (κ3) is 4.62. The number of amides is 2. The van der Waals surface area contributed by atoms with Gasteiger partial charge in [-0.1, -0.05) is 0 Å². The lowest BCUT2D eigenvalue weighted by Crippen LogP contribution is -2.46. The van der Waals surface area contributed by atoms with E-state index in [9.17, 15) is 36.3 Å². The van der Waals surface area contributed by atoms with Crippen molar-refractivity contribution in [3.8, 4) is 0 Å². The van der Waals surface area contributed by atoms with Gasteiger partial charge in [0.1, 0.15) is 11.9 Å². The van der Waals surface area contributed by atoms with Crippen LogP contribution in [0.3, 0.4) is 0 Å². The molecule has 0 bridgehead atoms. The molecule has 0 fully saturated rings. The normalized spacial score (nSPS) is 12.1. The fraction of sp³-hybridized carbons (Fsp3) is 0.222. The number of carbonyl (C=O) groups is 3. The maximum Gasteiger partial charge on any atom is 0.408 e. The van der Waals surface area contributed by atoms with E-state index in [0.717, 1.165) is 25.2 Å². The number of aromatic nitrogens is 1. The van der Waals surface area contributed by atoms with Crippen LogP contribution < -0.4 is 10.6 Å². The van der Waals surface area contributed by atoms with Gasteiger partial charge in [0.05, 0.1) is 17.8 Å². The number of hydrogen-bond acceptors (Lipinski definition) is 3. The fourth-order valence-electron chi connectivity index (χ4n) is 2.29. The molecule has 0 aliphatic rings. The number of nitrogens with one attached hydrogen (secondary N) is 2. The molecule has 1 heterocycles. The third-order valence-electron chi connectivity index (χ3n) is 4.01. The van der Waals surface area contributed by atoms with E-state index in [1.54, 1.807) is 0 Å². The van der Waals surface area contributed by atoms with Crippen LogP contribution in [0, 0.1) is 18.3 Å². The van der Waals surface area contributed by atoms with Crippen molar-refractivity contribution in [1.82, 2.24) is 9.88 Å². The highest BCUT2D eigenvalue weighted by atomic mass is 19.4. The molecule has 30 heavy (non-hydrogen) atoms. The predicted molar refractivity (Wildman–Crippen MR) is 94.0 cm³/mol. The molecule has 2 amide bonds. The van der Waals surface area contributed by atoms with Gasteiger partial charge in [0.15, 0.2) is 0 Å². The summed E-state index contributed by atoms with van der Waals surface area (Å²) in [6.45, 7) is 7.45. The van der Waals surface area contributed by atoms with Crippen LogP contribution in [0.1, 0.15) is 27.8 Å². The lowest BCUT2D eigenvalue weighted by molar-refractivity contribution is -0.156. The Kier molecular flexibility index (Phi) is 6.25. The Morgan fingerprint density at radius 2 is 1.80 bits per heavy atom. The zero-order valence-electron chi connectivity index (χ0n) is 15.4. The average molecular weight is 428 g/mol. The van der Waals surface area contributed by atoms with Gasteiger partial charge in [-0.15, -0.1) is 0 Å². The van der Waals surface area contributed by atoms with Gasteiger partial charge in [0.2, 0.25) is 11.6 Å². The van der Waals surface area contributed by atoms with Crippen molar-refractivity contribution in [2.45, 2.75) is 19.1 Å². The molecule has 2 N–H and O–H groups in total. The fourth-order valence-corrected chi connectivity index (χ4v) is 2.29. The number of rotatable bonds is 5. The average Bonchev–Trinajstić information content (AvgIpc) is 2.97. The van der Waals surface area contributed by atoms with Gasteiger partial charge < -0.3 is 15.2 Å². The lowest BCUT2D eigenvalue weighted by Gasteiger charge is -2.16. The molecule has 1 atom stereocenters. The van der Waals surface area contributed by atoms with E-state index in [1.165, 1.54) is 5.32 Å². The zero-order chi connectivity index (χ0) is 22.8. The quantitative estimate of drug-likeness (QED) is 0.332. The molecule has 0 aliphatic carbocycles. The van der Waals surface area contributed by atoms with Crippen molar-refractivity contribution in [2.24, 2.45) is 7.05 Å². The van der Waals surface area contributed by atoms with Crippen LogP contribution >= 0.6 is 0 Å². The van der Waals surface area contributed by atoms with E-state index >= 15 is 0 Å². The first-order chi connectivity index (χ1) is 13.9. The standard InChI is InChI=1S/C18H13F5N4O3/c1-8(18(21,22)23)25-17(30)14(28)13-7-10(15(20)27(13)3)16(29)26-9-4-5-11(19)12(6-9)24-2/h4-8H,1,3H3,(H,25,30)(H,26,29)/t8-/m0/s1. The number of ketones is 1. The summed E-state index contributed by atoms with van der Waals surface area (Å²) in [6, 6.07) is 1.40. The van der Waals surface area contributed by atoms with Crippen molar-refractivity contribution in [3.63, 3.8) is 0 Å². The van der Waals surface area contributed by atoms with Crippen LogP contribution in [-0.4, -0.2) is 34.4 Å². The number of halogens is 5. The highest BCUT2D eigenvalue weighted by Gasteiger charge is 2.38. The van der Waals surface area contributed by atoms with Gasteiger partial charge in [-0.3, -0.25) is 14.4 Å². The summed E-state index contributed by atoms with van der Waals surface area (Å²) >= 11 is 0. The summed E-state index contributed by atoms with van der Waals surface area (Å²) in [4.78, 5) is 39.1. The molecule has 1 aromatic heterocycles. The second-order valence-corrected chi connectivity index (χ2v) is 6.09. The van der Waals surface area contributed by atoms with Crippen molar-refractivity contribution in [3.05, 3.63) is 58.7 Å². The van der Waals surface area contributed by atoms with Gasteiger partial charge in [-0.2, -0.15) is 17.6 Å². The minimum Gasteiger partial charge on any atom is -0.338 e. The molecule has 158 valence electrons. The molecule has 12 heteroatoms. The molecule has 2 rings (SSSR count). The topological polar surface area (TPSA) is 84.6 Å². The predicted octanol–water partition coefficient (Wildman–Crippen LogP) is 3.36. The van der Waals surface area contributed by atoms with Crippen molar-refractivity contribution in [2.75, 3.05) is 5.32 Å². The van der Waals surface area contributed by atoms with Crippen molar-refractivity contribution < 1.29 is 36.3 Å². The van der Waals surface area contributed by atoms with E-state index in [1.807, 2.05) is 0 Å². The molecule has 0 aliphatic heterocycles. The smallest absolute Gasteiger partial charge is 0.338 e. The maximum atomic E-state index is 14.4.